The molecule has 0 aliphatic carbocycles. The van der Waals surface area contributed by atoms with Crippen LogP contribution in [0.15, 0.2) is 41.5 Å². The van der Waals surface area contributed by atoms with Crippen molar-refractivity contribution in [2.75, 3.05) is 6.54 Å². The first-order valence-corrected chi connectivity index (χ1v) is 7.45. The minimum absolute atomic E-state index is 0.0790. The molecular formula is C18H11N3O2. The summed E-state index contributed by atoms with van der Waals surface area (Å²) in [5, 5.41) is 13.9. The molecular weight excluding hydrogens is 290 g/mol. The van der Waals surface area contributed by atoms with Crippen LogP contribution in [0.3, 0.4) is 0 Å². The number of hydrogen-bond donors (Lipinski definition) is 1. The number of nitrogens with zero attached hydrogens (tertiary/aromatic N) is 3. The second kappa shape index (κ2) is 4.23. The van der Waals surface area contributed by atoms with E-state index in [-0.39, 0.29) is 17.1 Å². The lowest BCUT2D eigenvalue weighted by Crippen LogP contribution is -2.24. The van der Waals surface area contributed by atoms with E-state index in [0.29, 0.717) is 29.4 Å². The van der Waals surface area contributed by atoms with Gasteiger partial charge in [0.25, 0.3) is 0 Å². The van der Waals surface area contributed by atoms with E-state index in [1.807, 2.05) is 30.3 Å². The van der Waals surface area contributed by atoms with E-state index >= 15 is 0 Å². The van der Waals surface area contributed by atoms with Gasteiger partial charge in [0, 0.05) is 29.9 Å². The Morgan fingerprint density at radius 1 is 1.04 bits per heavy atom. The summed E-state index contributed by atoms with van der Waals surface area (Å²) in [6.45, 7) is 0.430. The number of aromatic hydroxyl groups is 1. The summed E-state index contributed by atoms with van der Waals surface area (Å²) in [7, 11) is 0. The van der Waals surface area contributed by atoms with Gasteiger partial charge >= 0.3 is 0 Å². The number of phenolic OH excluding ortho intramolecular Hbond substituents is 1. The van der Waals surface area contributed by atoms with Crippen LogP contribution in [0.4, 0.5) is 0 Å². The summed E-state index contributed by atoms with van der Waals surface area (Å²) >= 11 is 0. The largest absolute Gasteiger partial charge is 0.505 e. The Balaban J connectivity index is 2.18. The molecule has 5 nitrogen and oxygen atoms in total. The van der Waals surface area contributed by atoms with Gasteiger partial charge in [0.1, 0.15) is 5.52 Å². The Kier molecular flexibility index (Phi) is 2.29. The number of carbonyl (C=O) groups excluding carboxylic acids is 1. The zero-order valence-corrected chi connectivity index (χ0v) is 12.1. The maximum Gasteiger partial charge on any atom is 0.170 e. The molecule has 0 saturated heterocycles. The van der Waals surface area contributed by atoms with Crippen molar-refractivity contribution in [3.8, 4) is 5.75 Å². The average molecular weight is 301 g/mol. The summed E-state index contributed by atoms with van der Waals surface area (Å²) in [4.78, 5) is 25.7. The summed E-state index contributed by atoms with van der Waals surface area (Å²) in [5.74, 6) is -0.184. The number of benzene rings is 2. The topological polar surface area (TPSA) is 75.4 Å². The number of phenols is 1. The first-order valence-electron chi connectivity index (χ1n) is 7.45. The van der Waals surface area contributed by atoms with Gasteiger partial charge in [-0.1, -0.05) is 18.2 Å². The van der Waals surface area contributed by atoms with E-state index < -0.39 is 0 Å². The highest BCUT2D eigenvalue weighted by Gasteiger charge is 2.25. The number of aromatic nitrogens is 2. The van der Waals surface area contributed by atoms with Crippen LogP contribution in [0.25, 0.3) is 32.7 Å². The Morgan fingerprint density at radius 3 is 2.83 bits per heavy atom. The van der Waals surface area contributed by atoms with Crippen molar-refractivity contribution < 1.29 is 9.90 Å². The van der Waals surface area contributed by atoms with E-state index in [1.54, 1.807) is 6.20 Å². The number of para-hydroxylation sites is 1. The van der Waals surface area contributed by atoms with Gasteiger partial charge in [-0.05, 0) is 17.5 Å². The molecule has 110 valence electrons. The number of carbonyl (C=O) groups is 1. The van der Waals surface area contributed by atoms with Gasteiger partial charge in [0.05, 0.1) is 22.0 Å². The predicted octanol–water partition coefficient (Wildman–Crippen LogP) is 2.57. The molecule has 5 heteroatoms. The first-order chi connectivity index (χ1) is 11.3. The van der Waals surface area contributed by atoms with Crippen molar-refractivity contribution in [3.63, 3.8) is 0 Å². The van der Waals surface area contributed by atoms with Crippen molar-refractivity contribution in [2.24, 2.45) is 4.99 Å². The summed E-state index contributed by atoms with van der Waals surface area (Å²) in [5.41, 5.74) is 2.09. The Bertz CT molecular complexity index is 1200. The molecule has 0 amide bonds. The van der Waals surface area contributed by atoms with Gasteiger partial charge in [0.15, 0.2) is 11.5 Å². The molecule has 3 heterocycles. The molecule has 2 aromatic carbocycles. The zero-order chi connectivity index (χ0) is 15.6. The standard InChI is InChI=1S/C18H11N3O2/c22-12-6-8-20-16-14(12)18(23)17-13-10(5-7-19-15(13)16)9-3-1-2-4-11(9)21-17/h1-5,7,23H,6,8H2. The molecule has 0 radical (unpaired) electrons. The third-order valence-corrected chi connectivity index (χ3v) is 4.42. The van der Waals surface area contributed by atoms with Crippen LogP contribution in [-0.2, 0) is 0 Å². The Hall–Kier alpha value is -3.08. The van der Waals surface area contributed by atoms with Crippen molar-refractivity contribution in [1.82, 2.24) is 9.97 Å². The lowest BCUT2D eigenvalue weighted by Gasteiger charge is -2.15. The average Bonchev–Trinajstić information content (AvgIpc) is 2.59. The number of rotatable bonds is 0. The van der Waals surface area contributed by atoms with Crippen molar-refractivity contribution >= 4 is 38.5 Å². The highest BCUT2D eigenvalue weighted by Crippen LogP contribution is 2.35. The third kappa shape index (κ3) is 1.51. The normalized spacial score (nSPS) is 14.3. The fourth-order valence-electron chi connectivity index (χ4n) is 3.41. The molecule has 4 aromatic rings. The molecule has 0 saturated carbocycles. The number of Topliss-reactive ketones (excluding diaryl/α,β-unsaturated/α-hetero) is 1. The van der Waals surface area contributed by atoms with Crippen LogP contribution in [0.1, 0.15) is 16.8 Å². The van der Waals surface area contributed by atoms with E-state index in [0.717, 1.165) is 21.7 Å². The van der Waals surface area contributed by atoms with Crippen molar-refractivity contribution in [1.29, 1.82) is 0 Å². The molecule has 1 N–H and O–H groups in total. The van der Waals surface area contributed by atoms with Gasteiger partial charge in [-0.25, -0.2) is 4.98 Å². The number of ketones is 1. The third-order valence-electron chi connectivity index (χ3n) is 4.42. The van der Waals surface area contributed by atoms with Crippen LogP contribution in [0.5, 0.6) is 5.75 Å². The van der Waals surface area contributed by atoms with Gasteiger partial charge < -0.3 is 5.11 Å². The van der Waals surface area contributed by atoms with Crippen LogP contribution in [0, 0.1) is 0 Å². The van der Waals surface area contributed by atoms with Crippen molar-refractivity contribution in [3.05, 3.63) is 47.4 Å². The van der Waals surface area contributed by atoms with E-state index in [1.165, 1.54) is 0 Å². The quantitative estimate of drug-likeness (QED) is 0.400. The van der Waals surface area contributed by atoms with Gasteiger partial charge in [0.2, 0.25) is 0 Å². The molecule has 0 unspecified atom stereocenters. The monoisotopic (exact) mass is 301 g/mol. The molecule has 23 heavy (non-hydrogen) atoms. The minimum atomic E-state index is -0.105. The van der Waals surface area contributed by atoms with Crippen LogP contribution < -0.4 is 5.36 Å². The highest BCUT2D eigenvalue weighted by molar-refractivity contribution is 6.21. The molecule has 0 atom stereocenters. The maximum atomic E-state index is 12.3. The molecule has 5 rings (SSSR count). The number of fused-ring (bicyclic) bond motifs is 4. The summed E-state index contributed by atoms with van der Waals surface area (Å²) in [6.07, 6.45) is 2.03. The number of hydrogen-bond acceptors (Lipinski definition) is 5. The maximum absolute atomic E-state index is 12.3. The van der Waals surface area contributed by atoms with Crippen LogP contribution >= 0.6 is 0 Å². The van der Waals surface area contributed by atoms with Gasteiger partial charge in [-0.2, -0.15) is 0 Å². The lowest BCUT2D eigenvalue weighted by atomic mass is 9.96. The van der Waals surface area contributed by atoms with E-state index in [4.69, 9.17) is 0 Å². The second-order valence-corrected chi connectivity index (χ2v) is 5.69. The van der Waals surface area contributed by atoms with Gasteiger partial charge in [-0.3, -0.25) is 14.8 Å². The Labute approximate surface area is 130 Å². The molecule has 1 aliphatic heterocycles. The van der Waals surface area contributed by atoms with E-state index in [2.05, 4.69) is 15.0 Å². The molecule has 1 aliphatic rings. The zero-order valence-electron chi connectivity index (χ0n) is 12.1. The molecule has 0 bridgehead atoms. The lowest BCUT2D eigenvalue weighted by molar-refractivity contribution is 0.0977. The van der Waals surface area contributed by atoms with E-state index in [9.17, 15) is 9.90 Å². The van der Waals surface area contributed by atoms with Crippen LogP contribution in [-0.4, -0.2) is 27.4 Å². The smallest absolute Gasteiger partial charge is 0.170 e. The fourth-order valence-corrected chi connectivity index (χ4v) is 3.41. The Morgan fingerprint density at radius 2 is 1.91 bits per heavy atom. The molecule has 0 fully saturated rings. The molecule has 2 aromatic heterocycles. The second-order valence-electron chi connectivity index (χ2n) is 5.69. The number of pyridine rings is 2. The fraction of sp³-hybridized carbons (Fsp3) is 0.111. The minimum Gasteiger partial charge on any atom is -0.505 e. The SMILES string of the molecule is O=C1CCN=c2c1c(O)c1nc3ccccc3c3ccnc2c13. The molecule has 0 spiro atoms. The summed E-state index contributed by atoms with van der Waals surface area (Å²) < 4.78 is 0. The summed E-state index contributed by atoms with van der Waals surface area (Å²) in [6, 6.07) is 9.67. The van der Waals surface area contributed by atoms with Gasteiger partial charge in [-0.15, -0.1) is 0 Å². The predicted molar refractivity (Wildman–Crippen MR) is 86.8 cm³/mol. The van der Waals surface area contributed by atoms with Crippen molar-refractivity contribution in [2.45, 2.75) is 6.42 Å². The highest BCUT2D eigenvalue weighted by atomic mass is 16.3. The van der Waals surface area contributed by atoms with Crippen LogP contribution in [0.2, 0.25) is 0 Å². The first kappa shape index (κ1) is 12.5.